The van der Waals surface area contributed by atoms with Gasteiger partial charge in [-0.15, -0.1) is 0 Å². The maximum Gasteiger partial charge on any atom is 0.264 e. The Kier molecular flexibility index (Phi) is 5.59. The van der Waals surface area contributed by atoms with E-state index in [0.29, 0.717) is 5.56 Å². The van der Waals surface area contributed by atoms with Gasteiger partial charge in [0.25, 0.3) is 17.4 Å². The fourth-order valence-corrected chi connectivity index (χ4v) is 3.10. The Balaban J connectivity index is 1.97. The maximum absolute atomic E-state index is 13.6. The number of pyridine rings is 1. The van der Waals surface area contributed by atoms with Crippen molar-refractivity contribution < 1.29 is 14.0 Å². The summed E-state index contributed by atoms with van der Waals surface area (Å²) in [5, 5.41) is 2.54. The summed E-state index contributed by atoms with van der Waals surface area (Å²) in [6, 6.07) is 14.3. The Morgan fingerprint density at radius 1 is 1.10 bits per heavy atom. The van der Waals surface area contributed by atoms with Gasteiger partial charge in [-0.05, 0) is 49.2 Å². The summed E-state index contributed by atoms with van der Waals surface area (Å²) >= 11 is 0. The van der Waals surface area contributed by atoms with Gasteiger partial charge >= 0.3 is 0 Å². The molecule has 0 bridgehead atoms. The van der Waals surface area contributed by atoms with Gasteiger partial charge in [-0.1, -0.05) is 30.3 Å². The van der Waals surface area contributed by atoms with Crippen LogP contribution in [-0.4, -0.2) is 16.4 Å². The van der Waals surface area contributed by atoms with Crippen LogP contribution in [0, 0.1) is 12.7 Å². The Labute approximate surface area is 166 Å². The molecule has 1 unspecified atom stereocenters. The lowest BCUT2D eigenvalue weighted by atomic mass is 10.1. The molecular weight excluding hydrogens is 373 g/mol. The molecule has 0 aliphatic carbocycles. The lowest BCUT2D eigenvalue weighted by Crippen LogP contribution is -2.32. The number of carbonyl (C=O) groups is 2. The molecule has 1 aromatic heterocycles. The highest BCUT2D eigenvalue weighted by Crippen LogP contribution is 2.18. The molecule has 29 heavy (non-hydrogen) atoms. The van der Waals surface area contributed by atoms with Crippen LogP contribution < -0.4 is 16.6 Å². The van der Waals surface area contributed by atoms with Crippen LogP contribution in [-0.2, 0) is 0 Å². The number of hydrogen-bond acceptors (Lipinski definition) is 3. The third-order valence-corrected chi connectivity index (χ3v) is 4.74. The Hall–Kier alpha value is -3.74. The topological polar surface area (TPSA) is 94.2 Å². The highest BCUT2D eigenvalue weighted by molar-refractivity contribution is 6.05. The summed E-state index contributed by atoms with van der Waals surface area (Å²) in [5.41, 5.74) is 5.91. The summed E-state index contributed by atoms with van der Waals surface area (Å²) in [5.74, 6) is -2.39. The van der Waals surface area contributed by atoms with Crippen molar-refractivity contribution in [3.63, 3.8) is 0 Å². The number of nitrogens with two attached hydrogens (primary N) is 1. The minimum atomic E-state index is -0.950. The van der Waals surface area contributed by atoms with E-state index < -0.39 is 23.2 Å². The third-order valence-electron chi connectivity index (χ3n) is 4.74. The van der Waals surface area contributed by atoms with Gasteiger partial charge in [0.2, 0.25) is 0 Å². The third kappa shape index (κ3) is 4.08. The number of anilines is 1. The van der Waals surface area contributed by atoms with Gasteiger partial charge in [-0.25, -0.2) is 4.39 Å². The van der Waals surface area contributed by atoms with Crippen molar-refractivity contribution in [3.8, 4) is 0 Å². The monoisotopic (exact) mass is 393 g/mol. The first-order valence-electron chi connectivity index (χ1n) is 8.97. The average molecular weight is 393 g/mol. The molecule has 0 aliphatic heterocycles. The average Bonchev–Trinajstić information content (AvgIpc) is 2.69. The summed E-state index contributed by atoms with van der Waals surface area (Å²) < 4.78 is 15.1. The lowest BCUT2D eigenvalue weighted by Gasteiger charge is -2.18. The second kappa shape index (κ2) is 8.10. The molecule has 0 saturated heterocycles. The molecule has 3 N–H and O–H groups in total. The van der Waals surface area contributed by atoms with E-state index in [-0.39, 0.29) is 22.9 Å². The molecule has 0 fully saturated rings. The molecule has 148 valence electrons. The van der Waals surface area contributed by atoms with Crippen molar-refractivity contribution >= 4 is 17.5 Å². The molecule has 0 aliphatic rings. The van der Waals surface area contributed by atoms with Crippen LogP contribution in [0.4, 0.5) is 10.1 Å². The standard InChI is InChI=1S/C22H20FN3O3/c1-13-10-11-26(14(2)15-6-4-3-5-7-15)22(29)19(13)21(28)25-16-8-9-18(23)17(12-16)20(24)27/h3-12,14H,1-2H3,(H2,24,27)(H,25,28). The zero-order valence-corrected chi connectivity index (χ0v) is 16.0. The van der Waals surface area contributed by atoms with E-state index in [1.165, 1.54) is 10.6 Å². The smallest absolute Gasteiger partial charge is 0.264 e. The van der Waals surface area contributed by atoms with E-state index >= 15 is 0 Å². The van der Waals surface area contributed by atoms with Crippen LogP contribution in [0.3, 0.4) is 0 Å². The fourth-order valence-electron chi connectivity index (χ4n) is 3.10. The zero-order chi connectivity index (χ0) is 21.1. The molecule has 1 atom stereocenters. The molecule has 3 aromatic rings. The first kappa shape index (κ1) is 20.0. The first-order chi connectivity index (χ1) is 13.8. The molecule has 2 amide bonds. The quantitative estimate of drug-likeness (QED) is 0.697. The minimum Gasteiger partial charge on any atom is -0.366 e. The van der Waals surface area contributed by atoms with Crippen LogP contribution in [0.25, 0.3) is 0 Å². The molecule has 0 spiro atoms. The SMILES string of the molecule is Cc1ccn(C(C)c2ccccc2)c(=O)c1C(=O)Nc1ccc(F)c(C(N)=O)c1. The molecular formula is C22H20FN3O3. The van der Waals surface area contributed by atoms with Gasteiger partial charge in [0.1, 0.15) is 11.4 Å². The second-order valence-electron chi connectivity index (χ2n) is 6.69. The summed E-state index contributed by atoms with van der Waals surface area (Å²) in [7, 11) is 0. The summed E-state index contributed by atoms with van der Waals surface area (Å²) in [6.45, 7) is 3.53. The number of aryl methyl sites for hydroxylation is 1. The lowest BCUT2D eigenvalue weighted by molar-refractivity contribution is 0.0992. The zero-order valence-electron chi connectivity index (χ0n) is 16.0. The van der Waals surface area contributed by atoms with Crippen LogP contribution in [0.1, 0.15) is 44.8 Å². The van der Waals surface area contributed by atoms with Crippen LogP contribution in [0.5, 0.6) is 0 Å². The van der Waals surface area contributed by atoms with Gasteiger partial charge in [-0.2, -0.15) is 0 Å². The van der Waals surface area contributed by atoms with Crippen molar-refractivity contribution in [3.05, 3.63) is 99.2 Å². The molecule has 6 nitrogen and oxygen atoms in total. The molecule has 1 heterocycles. The van der Waals surface area contributed by atoms with Gasteiger partial charge < -0.3 is 15.6 Å². The van der Waals surface area contributed by atoms with E-state index in [2.05, 4.69) is 5.32 Å². The van der Waals surface area contributed by atoms with Crippen LogP contribution in [0.15, 0.2) is 65.6 Å². The van der Waals surface area contributed by atoms with E-state index in [4.69, 9.17) is 5.73 Å². The highest BCUT2D eigenvalue weighted by Gasteiger charge is 2.19. The number of amides is 2. The number of benzene rings is 2. The molecule has 0 radical (unpaired) electrons. The number of carbonyl (C=O) groups excluding carboxylic acids is 2. The summed E-state index contributed by atoms with van der Waals surface area (Å²) in [4.78, 5) is 37.1. The number of rotatable bonds is 5. The number of halogens is 1. The molecule has 0 saturated carbocycles. The van der Waals surface area contributed by atoms with Crippen molar-refractivity contribution in [1.82, 2.24) is 4.57 Å². The fraction of sp³-hybridized carbons (Fsp3) is 0.136. The van der Waals surface area contributed by atoms with E-state index in [1.54, 1.807) is 19.2 Å². The first-order valence-corrected chi connectivity index (χ1v) is 8.97. The van der Waals surface area contributed by atoms with Crippen molar-refractivity contribution in [2.75, 3.05) is 5.32 Å². The minimum absolute atomic E-state index is 0.0276. The number of hydrogen-bond donors (Lipinski definition) is 2. The Bertz CT molecular complexity index is 1140. The predicted molar refractivity (Wildman–Crippen MR) is 109 cm³/mol. The number of nitrogens with zero attached hydrogens (tertiary/aromatic N) is 1. The van der Waals surface area contributed by atoms with Crippen molar-refractivity contribution in [2.24, 2.45) is 5.73 Å². The molecule has 2 aromatic carbocycles. The van der Waals surface area contributed by atoms with Gasteiger partial charge in [-0.3, -0.25) is 14.4 Å². The predicted octanol–water partition coefficient (Wildman–Crippen LogP) is 3.26. The Morgan fingerprint density at radius 3 is 2.45 bits per heavy atom. The van der Waals surface area contributed by atoms with Crippen molar-refractivity contribution in [2.45, 2.75) is 19.9 Å². The summed E-state index contributed by atoms with van der Waals surface area (Å²) in [6.07, 6.45) is 1.65. The van der Waals surface area contributed by atoms with Crippen LogP contribution >= 0.6 is 0 Å². The van der Waals surface area contributed by atoms with E-state index in [1.807, 2.05) is 37.3 Å². The normalized spacial score (nSPS) is 11.7. The Morgan fingerprint density at radius 2 is 1.79 bits per heavy atom. The molecule has 3 rings (SSSR count). The number of nitrogens with one attached hydrogen (secondary N) is 1. The second-order valence-corrected chi connectivity index (χ2v) is 6.69. The van der Waals surface area contributed by atoms with E-state index in [9.17, 15) is 18.8 Å². The largest absolute Gasteiger partial charge is 0.366 e. The number of aromatic nitrogens is 1. The maximum atomic E-state index is 13.6. The highest BCUT2D eigenvalue weighted by atomic mass is 19.1. The van der Waals surface area contributed by atoms with Gasteiger partial charge in [0, 0.05) is 11.9 Å². The van der Waals surface area contributed by atoms with E-state index in [0.717, 1.165) is 17.7 Å². The van der Waals surface area contributed by atoms with Gasteiger partial charge in [0.05, 0.1) is 11.6 Å². The van der Waals surface area contributed by atoms with Crippen LogP contribution in [0.2, 0.25) is 0 Å². The number of primary amides is 1. The van der Waals surface area contributed by atoms with Crippen molar-refractivity contribution in [1.29, 1.82) is 0 Å². The van der Waals surface area contributed by atoms with Gasteiger partial charge in [0.15, 0.2) is 0 Å². The molecule has 7 heteroatoms.